The Balaban J connectivity index is 2.05. The van der Waals surface area contributed by atoms with E-state index in [1.165, 1.54) is 0 Å². The maximum atomic E-state index is 11.1. The molecular weight excluding hydrogens is 194 g/mol. The fraction of sp³-hybridized carbons (Fsp3) is 0.909. The zero-order chi connectivity index (χ0) is 10.9. The van der Waals surface area contributed by atoms with Crippen molar-refractivity contribution in [2.75, 3.05) is 26.4 Å². The minimum atomic E-state index is -0.116. The summed E-state index contributed by atoms with van der Waals surface area (Å²) in [5.74, 6) is -0.116. The first-order chi connectivity index (χ1) is 7.33. The Bertz CT molecular complexity index is 177. The van der Waals surface area contributed by atoms with Gasteiger partial charge in [0.25, 0.3) is 0 Å². The van der Waals surface area contributed by atoms with E-state index in [4.69, 9.17) is 9.47 Å². The number of carbonyl (C=O) groups excluding carboxylic acids is 1. The van der Waals surface area contributed by atoms with E-state index in [0.29, 0.717) is 25.6 Å². The van der Waals surface area contributed by atoms with Crippen molar-refractivity contribution < 1.29 is 14.3 Å². The Morgan fingerprint density at radius 3 is 3.13 bits per heavy atom. The number of ether oxygens (including phenoxy) is 2. The van der Waals surface area contributed by atoms with Gasteiger partial charge in [0.05, 0.1) is 13.0 Å². The Kier molecular flexibility index (Phi) is 6.36. The number of carbonyl (C=O) groups is 1. The largest absolute Gasteiger partial charge is 0.466 e. The minimum Gasteiger partial charge on any atom is -0.466 e. The fourth-order valence-electron chi connectivity index (χ4n) is 1.72. The molecule has 1 aliphatic rings. The molecule has 1 rings (SSSR count). The van der Waals surface area contributed by atoms with Crippen LogP contribution in [0, 0.1) is 0 Å². The van der Waals surface area contributed by atoms with Crippen LogP contribution in [0.2, 0.25) is 0 Å². The lowest BCUT2D eigenvalue weighted by molar-refractivity contribution is -0.143. The highest BCUT2D eigenvalue weighted by Gasteiger charge is 2.12. The molecule has 1 heterocycles. The third-order valence-electron chi connectivity index (χ3n) is 2.52. The van der Waals surface area contributed by atoms with Gasteiger partial charge >= 0.3 is 5.97 Å². The zero-order valence-corrected chi connectivity index (χ0v) is 9.46. The molecule has 0 aromatic rings. The number of hydrogen-bond donors (Lipinski definition) is 1. The van der Waals surface area contributed by atoms with Crippen molar-refractivity contribution in [1.82, 2.24) is 5.32 Å². The van der Waals surface area contributed by atoms with Gasteiger partial charge in [-0.3, -0.25) is 4.79 Å². The van der Waals surface area contributed by atoms with Gasteiger partial charge in [-0.1, -0.05) is 0 Å². The lowest BCUT2D eigenvalue weighted by Crippen LogP contribution is -2.31. The molecule has 4 heteroatoms. The third-order valence-corrected chi connectivity index (χ3v) is 2.52. The summed E-state index contributed by atoms with van der Waals surface area (Å²) in [6, 6.07) is 0.502. The van der Waals surface area contributed by atoms with E-state index in [9.17, 15) is 4.79 Å². The highest BCUT2D eigenvalue weighted by molar-refractivity contribution is 5.69. The van der Waals surface area contributed by atoms with Gasteiger partial charge < -0.3 is 14.8 Å². The maximum absolute atomic E-state index is 11.1. The van der Waals surface area contributed by atoms with E-state index in [2.05, 4.69) is 5.32 Å². The summed E-state index contributed by atoms with van der Waals surface area (Å²) < 4.78 is 10.2. The first-order valence-electron chi connectivity index (χ1n) is 5.79. The van der Waals surface area contributed by atoms with Crippen molar-refractivity contribution >= 4 is 5.97 Å². The van der Waals surface area contributed by atoms with E-state index in [-0.39, 0.29) is 5.97 Å². The second kappa shape index (κ2) is 7.65. The maximum Gasteiger partial charge on any atom is 0.307 e. The highest BCUT2D eigenvalue weighted by Crippen LogP contribution is 2.07. The second-order valence-corrected chi connectivity index (χ2v) is 3.75. The Hall–Kier alpha value is -0.610. The molecule has 0 aromatic carbocycles. The van der Waals surface area contributed by atoms with Gasteiger partial charge in [0.15, 0.2) is 0 Å². The Morgan fingerprint density at radius 1 is 1.47 bits per heavy atom. The first kappa shape index (κ1) is 12.5. The van der Waals surface area contributed by atoms with E-state index >= 15 is 0 Å². The van der Waals surface area contributed by atoms with Crippen LogP contribution in [0.3, 0.4) is 0 Å². The summed E-state index contributed by atoms with van der Waals surface area (Å²) >= 11 is 0. The van der Waals surface area contributed by atoms with Crippen LogP contribution in [0.5, 0.6) is 0 Å². The molecule has 1 unspecified atom stereocenters. The van der Waals surface area contributed by atoms with Crippen LogP contribution < -0.4 is 5.32 Å². The molecule has 1 fully saturated rings. The summed E-state index contributed by atoms with van der Waals surface area (Å²) in [7, 11) is 0. The molecule has 1 saturated heterocycles. The molecule has 0 amide bonds. The molecule has 1 atom stereocenters. The van der Waals surface area contributed by atoms with E-state index in [0.717, 1.165) is 32.5 Å². The molecule has 0 saturated carbocycles. The van der Waals surface area contributed by atoms with Crippen molar-refractivity contribution in [3.63, 3.8) is 0 Å². The summed E-state index contributed by atoms with van der Waals surface area (Å²) in [5, 5.41) is 3.37. The zero-order valence-electron chi connectivity index (χ0n) is 9.46. The number of rotatable bonds is 5. The van der Waals surface area contributed by atoms with E-state index in [1.807, 2.05) is 6.92 Å². The van der Waals surface area contributed by atoms with Gasteiger partial charge in [0.1, 0.15) is 0 Å². The van der Waals surface area contributed by atoms with Crippen LogP contribution in [0.15, 0.2) is 0 Å². The topological polar surface area (TPSA) is 47.6 Å². The normalized spacial score (nSPS) is 22.1. The average Bonchev–Trinajstić information content (AvgIpc) is 2.47. The van der Waals surface area contributed by atoms with Gasteiger partial charge in [0, 0.05) is 25.8 Å². The molecule has 0 aliphatic carbocycles. The monoisotopic (exact) mass is 215 g/mol. The van der Waals surface area contributed by atoms with Crippen molar-refractivity contribution in [3.8, 4) is 0 Å². The van der Waals surface area contributed by atoms with Gasteiger partial charge in [-0.15, -0.1) is 0 Å². The molecule has 1 aliphatic heterocycles. The van der Waals surface area contributed by atoms with Crippen molar-refractivity contribution in [1.29, 1.82) is 0 Å². The lowest BCUT2D eigenvalue weighted by atomic mass is 10.1. The molecule has 0 radical (unpaired) electrons. The van der Waals surface area contributed by atoms with Crippen LogP contribution in [0.4, 0.5) is 0 Å². The Labute approximate surface area is 91.3 Å². The van der Waals surface area contributed by atoms with Crippen molar-refractivity contribution in [2.24, 2.45) is 0 Å². The van der Waals surface area contributed by atoms with Crippen LogP contribution in [0.25, 0.3) is 0 Å². The highest BCUT2D eigenvalue weighted by atomic mass is 16.5. The molecule has 4 nitrogen and oxygen atoms in total. The minimum absolute atomic E-state index is 0.116. The van der Waals surface area contributed by atoms with Crippen LogP contribution in [-0.4, -0.2) is 38.4 Å². The molecule has 15 heavy (non-hydrogen) atoms. The molecular formula is C11H21NO3. The van der Waals surface area contributed by atoms with Crippen molar-refractivity contribution in [3.05, 3.63) is 0 Å². The Morgan fingerprint density at radius 2 is 2.33 bits per heavy atom. The number of hydrogen-bond acceptors (Lipinski definition) is 4. The standard InChI is InChI=1S/C11H21NO3/c1-2-15-11(13)5-7-12-10-4-3-8-14-9-6-10/h10,12H,2-9H2,1H3. The predicted octanol–water partition coefficient (Wildman–Crippen LogP) is 1.10. The average molecular weight is 215 g/mol. The van der Waals surface area contributed by atoms with Crippen LogP contribution >= 0.6 is 0 Å². The summed E-state index contributed by atoms with van der Waals surface area (Å²) in [4.78, 5) is 11.1. The molecule has 0 bridgehead atoms. The third kappa shape index (κ3) is 5.74. The molecule has 0 aromatic heterocycles. The predicted molar refractivity (Wildman–Crippen MR) is 57.7 cm³/mol. The smallest absolute Gasteiger partial charge is 0.307 e. The first-order valence-corrected chi connectivity index (χ1v) is 5.79. The fourth-order valence-corrected chi connectivity index (χ4v) is 1.72. The van der Waals surface area contributed by atoms with Gasteiger partial charge in [0.2, 0.25) is 0 Å². The summed E-state index contributed by atoms with van der Waals surface area (Å²) in [6.45, 7) is 4.71. The SMILES string of the molecule is CCOC(=O)CCNC1CCCOCC1. The second-order valence-electron chi connectivity index (χ2n) is 3.75. The summed E-state index contributed by atoms with van der Waals surface area (Å²) in [5.41, 5.74) is 0. The van der Waals surface area contributed by atoms with Crippen LogP contribution in [0.1, 0.15) is 32.6 Å². The summed E-state index contributed by atoms with van der Waals surface area (Å²) in [6.07, 6.45) is 3.76. The molecule has 0 spiro atoms. The van der Waals surface area contributed by atoms with E-state index < -0.39 is 0 Å². The van der Waals surface area contributed by atoms with Gasteiger partial charge in [-0.05, 0) is 26.2 Å². The van der Waals surface area contributed by atoms with E-state index in [1.54, 1.807) is 0 Å². The molecule has 88 valence electrons. The number of nitrogens with one attached hydrogen (secondary N) is 1. The van der Waals surface area contributed by atoms with Crippen LogP contribution in [-0.2, 0) is 14.3 Å². The van der Waals surface area contributed by atoms with Gasteiger partial charge in [-0.25, -0.2) is 0 Å². The lowest BCUT2D eigenvalue weighted by Gasteiger charge is -2.14. The quantitative estimate of drug-likeness (QED) is 0.698. The van der Waals surface area contributed by atoms with Crippen molar-refractivity contribution in [2.45, 2.75) is 38.6 Å². The van der Waals surface area contributed by atoms with Gasteiger partial charge in [-0.2, -0.15) is 0 Å². The number of esters is 1. The molecule has 1 N–H and O–H groups in total.